The van der Waals surface area contributed by atoms with E-state index in [1.807, 2.05) is 25.1 Å². The van der Waals surface area contributed by atoms with E-state index in [0.717, 1.165) is 71.5 Å². The van der Waals surface area contributed by atoms with Gasteiger partial charge in [-0.25, -0.2) is 9.97 Å². The Labute approximate surface area is 200 Å². The maximum Gasteiger partial charge on any atom is 0.157 e. The average molecular weight is 471 g/mol. The molecule has 0 unspecified atom stereocenters. The lowest BCUT2D eigenvalue weighted by Gasteiger charge is -2.36. The van der Waals surface area contributed by atoms with E-state index in [4.69, 9.17) is 9.97 Å². The molecule has 0 N–H and O–H groups in total. The third-order valence-electron chi connectivity index (χ3n) is 6.27. The number of aromatic nitrogens is 3. The van der Waals surface area contributed by atoms with Crippen LogP contribution < -0.4 is 4.90 Å². The molecule has 8 heteroatoms. The summed E-state index contributed by atoms with van der Waals surface area (Å²) in [6.45, 7) is 6.68. The van der Waals surface area contributed by atoms with Gasteiger partial charge in [-0.1, -0.05) is 12.1 Å². The molecule has 164 valence electrons. The van der Waals surface area contributed by atoms with Crippen LogP contribution in [-0.2, 0) is 6.54 Å². The number of anilines is 1. The Balaban J connectivity index is 1.25. The number of para-hydroxylation sites is 2. The van der Waals surface area contributed by atoms with E-state index in [-0.39, 0.29) is 0 Å². The summed E-state index contributed by atoms with van der Waals surface area (Å²) in [4.78, 5) is 14.5. The van der Waals surface area contributed by atoms with Crippen molar-refractivity contribution in [1.82, 2.24) is 19.3 Å². The van der Waals surface area contributed by atoms with Crippen LogP contribution in [0, 0.1) is 18.3 Å². The van der Waals surface area contributed by atoms with Gasteiger partial charge in [0, 0.05) is 49.0 Å². The lowest BCUT2D eigenvalue weighted by atomic mass is 10.1. The van der Waals surface area contributed by atoms with Crippen molar-refractivity contribution in [3.05, 3.63) is 69.4 Å². The number of aryl methyl sites for hydroxylation is 1. The molecule has 0 atom stereocenters. The summed E-state index contributed by atoms with van der Waals surface area (Å²) in [7, 11) is 0. The van der Waals surface area contributed by atoms with E-state index >= 15 is 0 Å². The van der Waals surface area contributed by atoms with Gasteiger partial charge in [0.2, 0.25) is 0 Å². The Morgan fingerprint density at radius 3 is 2.70 bits per heavy atom. The van der Waals surface area contributed by atoms with Crippen molar-refractivity contribution in [1.29, 1.82) is 5.26 Å². The van der Waals surface area contributed by atoms with Crippen LogP contribution in [0.1, 0.15) is 16.8 Å². The van der Waals surface area contributed by atoms with E-state index in [1.165, 1.54) is 5.56 Å². The van der Waals surface area contributed by atoms with Gasteiger partial charge in [0.25, 0.3) is 0 Å². The predicted octanol–water partition coefficient (Wildman–Crippen LogP) is 5.17. The summed E-state index contributed by atoms with van der Waals surface area (Å²) in [5, 5.41) is 17.3. The molecule has 5 heterocycles. The number of rotatable bonds is 4. The number of imidazole rings is 1. The predicted molar refractivity (Wildman–Crippen MR) is 135 cm³/mol. The van der Waals surface area contributed by atoms with Crippen molar-refractivity contribution in [3.63, 3.8) is 0 Å². The summed E-state index contributed by atoms with van der Waals surface area (Å²) in [5.74, 6) is 1.11. The number of benzene rings is 1. The fourth-order valence-electron chi connectivity index (χ4n) is 4.57. The molecule has 6 nitrogen and oxygen atoms in total. The standard InChI is InChI=1S/C25H22N6S2/c1-17-12-23(31-22-5-3-2-4-21(22)28-24(31)20(17)13-26)30-9-7-29(8-10-30)14-19-16-33-25(27-19)18-6-11-32-15-18/h2-6,11-12,15-16H,7-10,14H2,1H3. The van der Waals surface area contributed by atoms with Crippen molar-refractivity contribution in [3.8, 4) is 16.6 Å². The molecule has 33 heavy (non-hydrogen) atoms. The van der Waals surface area contributed by atoms with Crippen molar-refractivity contribution in [2.75, 3.05) is 31.1 Å². The number of nitriles is 1. The summed E-state index contributed by atoms with van der Waals surface area (Å²) in [6, 6.07) is 14.8. The maximum absolute atomic E-state index is 9.75. The van der Waals surface area contributed by atoms with Crippen LogP contribution in [0.15, 0.2) is 52.5 Å². The van der Waals surface area contributed by atoms with Crippen LogP contribution in [-0.4, -0.2) is 45.4 Å². The molecule has 0 aliphatic carbocycles. The molecule has 0 amide bonds. The third kappa shape index (κ3) is 3.59. The van der Waals surface area contributed by atoms with Crippen molar-refractivity contribution in [2.24, 2.45) is 0 Å². The Kier molecular flexibility index (Phi) is 5.10. The van der Waals surface area contributed by atoms with Gasteiger partial charge in [0.15, 0.2) is 5.65 Å². The molecule has 1 aliphatic heterocycles. The van der Waals surface area contributed by atoms with Crippen molar-refractivity contribution < 1.29 is 0 Å². The number of hydrogen-bond acceptors (Lipinski definition) is 7. The molecule has 1 fully saturated rings. The first kappa shape index (κ1) is 20.4. The number of thiophene rings is 1. The Morgan fingerprint density at radius 2 is 1.91 bits per heavy atom. The summed E-state index contributed by atoms with van der Waals surface area (Å²) < 4.78 is 2.16. The molecule has 0 saturated carbocycles. The van der Waals surface area contributed by atoms with Gasteiger partial charge in [0.1, 0.15) is 16.9 Å². The van der Waals surface area contributed by atoms with Crippen LogP contribution >= 0.6 is 22.7 Å². The summed E-state index contributed by atoms with van der Waals surface area (Å²) in [6.07, 6.45) is 0. The fourth-order valence-corrected chi connectivity index (χ4v) is 6.09. The Morgan fingerprint density at radius 1 is 1.06 bits per heavy atom. The smallest absolute Gasteiger partial charge is 0.157 e. The van der Waals surface area contributed by atoms with Gasteiger partial charge >= 0.3 is 0 Å². The van der Waals surface area contributed by atoms with Crippen molar-refractivity contribution in [2.45, 2.75) is 13.5 Å². The normalized spacial score (nSPS) is 14.8. The molecule has 0 spiro atoms. The molecule has 0 bridgehead atoms. The zero-order valence-electron chi connectivity index (χ0n) is 18.2. The molecule has 1 saturated heterocycles. The minimum Gasteiger partial charge on any atom is -0.355 e. The topological polar surface area (TPSA) is 60.5 Å². The van der Waals surface area contributed by atoms with Crippen LogP contribution in [0.25, 0.3) is 27.3 Å². The highest BCUT2D eigenvalue weighted by Crippen LogP contribution is 2.30. The number of hydrogen-bond donors (Lipinski definition) is 0. The molecule has 6 rings (SSSR count). The van der Waals surface area contributed by atoms with Gasteiger partial charge in [-0.15, -0.1) is 11.3 Å². The number of piperazine rings is 1. The number of thiazole rings is 1. The first-order valence-corrected chi connectivity index (χ1v) is 12.8. The van der Waals surface area contributed by atoms with Crippen LogP contribution in [0.3, 0.4) is 0 Å². The zero-order chi connectivity index (χ0) is 22.4. The molecule has 0 radical (unpaired) electrons. The average Bonchev–Trinajstić information content (AvgIpc) is 3.59. The van der Waals surface area contributed by atoms with Gasteiger partial charge < -0.3 is 4.90 Å². The highest BCUT2D eigenvalue weighted by atomic mass is 32.1. The lowest BCUT2D eigenvalue weighted by Crippen LogP contribution is -2.46. The van der Waals surface area contributed by atoms with E-state index in [9.17, 15) is 5.26 Å². The lowest BCUT2D eigenvalue weighted by molar-refractivity contribution is 0.247. The molecule has 4 aromatic heterocycles. The van der Waals surface area contributed by atoms with E-state index < -0.39 is 0 Å². The molecule has 1 aromatic carbocycles. The molecule has 5 aromatic rings. The summed E-state index contributed by atoms with van der Waals surface area (Å²) >= 11 is 3.43. The van der Waals surface area contributed by atoms with E-state index in [1.54, 1.807) is 22.7 Å². The maximum atomic E-state index is 9.75. The van der Waals surface area contributed by atoms with Gasteiger partial charge in [-0.2, -0.15) is 16.6 Å². The summed E-state index contributed by atoms with van der Waals surface area (Å²) in [5.41, 5.74) is 6.70. The largest absolute Gasteiger partial charge is 0.355 e. The number of fused-ring (bicyclic) bond motifs is 3. The third-order valence-corrected chi connectivity index (χ3v) is 7.89. The molecular weight excluding hydrogens is 448 g/mol. The van der Waals surface area contributed by atoms with Gasteiger partial charge in [-0.05, 0) is 42.1 Å². The fraction of sp³-hybridized carbons (Fsp3) is 0.240. The zero-order valence-corrected chi connectivity index (χ0v) is 19.9. The number of pyridine rings is 1. The minimum absolute atomic E-state index is 0.651. The Hall–Kier alpha value is -3.25. The first-order valence-electron chi connectivity index (χ1n) is 11.0. The molecule has 1 aliphatic rings. The SMILES string of the molecule is Cc1cc(N2CCN(Cc3csc(-c4ccsc4)n3)CC2)n2c(nc3ccccc32)c1C#N. The van der Waals surface area contributed by atoms with E-state index in [0.29, 0.717) is 5.56 Å². The number of nitrogens with zero attached hydrogens (tertiary/aromatic N) is 6. The minimum atomic E-state index is 0.651. The highest BCUT2D eigenvalue weighted by Gasteiger charge is 2.23. The monoisotopic (exact) mass is 470 g/mol. The second-order valence-electron chi connectivity index (χ2n) is 8.35. The second-order valence-corrected chi connectivity index (χ2v) is 9.99. The Bertz CT molecular complexity index is 1480. The van der Waals surface area contributed by atoms with Crippen LogP contribution in [0.5, 0.6) is 0 Å². The second kappa shape index (κ2) is 8.27. The van der Waals surface area contributed by atoms with Gasteiger partial charge in [-0.3, -0.25) is 9.30 Å². The van der Waals surface area contributed by atoms with Crippen molar-refractivity contribution >= 4 is 45.2 Å². The quantitative estimate of drug-likeness (QED) is 0.362. The van der Waals surface area contributed by atoms with E-state index in [2.05, 4.69) is 54.6 Å². The molecular formula is C25H22N6S2. The van der Waals surface area contributed by atoms with Gasteiger partial charge in [0.05, 0.1) is 22.3 Å². The highest BCUT2D eigenvalue weighted by molar-refractivity contribution is 7.14. The van der Waals surface area contributed by atoms with Crippen LogP contribution in [0.2, 0.25) is 0 Å². The van der Waals surface area contributed by atoms with Crippen LogP contribution in [0.4, 0.5) is 5.82 Å². The first-order chi connectivity index (χ1) is 16.2.